The first kappa shape index (κ1) is 17.8. The number of aryl methyl sites for hydroxylation is 2. The summed E-state index contributed by atoms with van der Waals surface area (Å²) in [6.07, 6.45) is 1.62. The number of aromatic nitrogens is 3. The van der Waals surface area contributed by atoms with Gasteiger partial charge in [0.25, 0.3) is 5.56 Å². The van der Waals surface area contributed by atoms with Gasteiger partial charge < -0.3 is 5.32 Å². The van der Waals surface area contributed by atoms with Gasteiger partial charge in [-0.1, -0.05) is 20.8 Å². The molecular weight excluding hydrogens is 328 g/mol. The van der Waals surface area contributed by atoms with Crippen molar-refractivity contribution in [1.82, 2.24) is 14.5 Å². The molecule has 0 aliphatic rings. The number of benzene rings is 1. The van der Waals surface area contributed by atoms with E-state index in [1.54, 1.807) is 29.8 Å². The fourth-order valence-corrected chi connectivity index (χ4v) is 2.66. The van der Waals surface area contributed by atoms with E-state index in [2.05, 4.69) is 15.3 Å². The van der Waals surface area contributed by atoms with E-state index in [4.69, 9.17) is 0 Å². The third-order valence-corrected chi connectivity index (χ3v) is 4.21. The van der Waals surface area contributed by atoms with Gasteiger partial charge in [-0.15, -0.1) is 0 Å². The average molecular weight is 350 g/mol. The minimum Gasteiger partial charge on any atom is -0.325 e. The summed E-state index contributed by atoms with van der Waals surface area (Å²) in [6.45, 7) is 9.27. The molecule has 0 saturated carbocycles. The number of fused-ring (bicyclic) bond motifs is 1. The van der Waals surface area contributed by atoms with Gasteiger partial charge in [0.1, 0.15) is 5.82 Å². The molecule has 0 saturated heterocycles. The summed E-state index contributed by atoms with van der Waals surface area (Å²) in [7, 11) is 0. The van der Waals surface area contributed by atoms with Crippen molar-refractivity contribution in [1.29, 1.82) is 0 Å². The first-order valence-electron chi connectivity index (χ1n) is 8.45. The molecule has 0 unspecified atom stereocenters. The Morgan fingerprint density at radius 3 is 2.54 bits per heavy atom. The number of carbonyl (C=O) groups is 1. The highest BCUT2D eigenvalue weighted by molar-refractivity contribution is 5.95. The summed E-state index contributed by atoms with van der Waals surface area (Å²) in [6, 6.07) is 8.94. The zero-order chi connectivity index (χ0) is 19.1. The Morgan fingerprint density at radius 1 is 1.15 bits per heavy atom. The molecule has 134 valence electrons. The van der Waals surface area contributed by atoms with Crippen molar-refractivity contribution in [2.75, 3.05) is 5.32 Å². The zero-order valence-corrected chi connectivity index (χ0v) is 15.6. The van der Waals surface area contributed by atoms with Crippen LogP contribution >= 0.6 is 0 Å². The molecule has 6 heteroatoms. The van der Waals surface area contributed by atoms with Crippen LogP contribution in [-0.2, 0) is 4.79 Å². The molecule has 0 bridgehead atoms. The van der Waals surface area contributed by atoms with Gasteiger partial charge in [-0.3, -0.25) is 14.2 Å². The molecule has 1 aromatic carbocycles. The van der Waals surface area contributed by atoms with E-state index in [1.807, 2.05) is 45.9 Å². The lowest BCUT2D eigenvalue weighted by Gasteiger charge is -2.19. The Hall–Kier alpha value is -3.02. The zero-order valence-electron chi connectivity index (χ0n) is 15.6. The predicted octanol–water partition coefficient (Wildman–Crippen LogP) is 3.38. The summed E-state index contributed by atoms with van der Waals surface area (Å²) in [5.41, 5.74) is 2.11. The molecule has 6 nitrogen and oxygen atoms in total. The van der Waals surface area contributed by atoms with Crippen LogP contribution in [0.1, 0.15) is 32.2 Å². The van der Waals surface area contributed by atoms with Crippen LogP contribution in [0.2, 0.25) is 0 Å². The first-order valence-corrected chi connectivity index (χ1v) is 8.45. The van der Waals surface area contributed by atoms with Crippen molar-refractivity contribution in [3.8, 4) is 5.69 Å². The summed E-state index contributed by atoms with van der Waals surface area (Å²) >= 11 is 0. The Labute approximate surface area is 151 Å². The topological polar surface area (TPSA) is 76.9 Å². The van der Waals surface area contributed by atoms with Crippen LogP contribution in [0, 0.1) is 19.3 Å². The molecule has 1 N–H and O–H groups in total. The molecule has 0 atom stereocenters. The van der Waals surface area contributed by atoms with E-state index in [0.29, 0.717) is 22.5 Å². The van der Waals surface area contributed by atoms with Gasteiger partial charge in [0, 0.05) is 17.3 Å². The lowest BCUT2D eigenvalue weighted by atomic mass is 9.95. The minimum absolute atomic E-state index is 0.0554. The molecule has 0 aliphatic heterocycles. The van der Waals surface area contributed by atoms with Crippen LogP contribution in [-0.4, -0.2) is 20.4 Å². The van der Waals surface area contributed by atoms with Crippen molar-refractivity contribution in [2.45, 2.75) is 34.6 Å². The number of amides is 1. The fourth-order valence-electron chi connectivity index (χ4n) is 2.66. The minimum atomic E-state index is -0.478. The number of anilines is 1. The van der Waals surface area contributed by atoms with E-state index in [-0.39, 0.29) is 11.5 Å². The Morgan fingerprint density at radius 2 is 1.88 bits per heavy atom. The standard InChI is InChI=1S/C20H22N4O2/c1-12-11-14(8-9-16(12)23-19(26)20(3,4)5)24-13(2)22-17-15(18(24)25)7-6-10-21-17/h6-11H,1-5H3,(H,23,26). The number of carbonyl (C=O) groups excluding carboxylic acids is 1. The van der Waals surface area contributed by atoms with Gasteiger partial charge in [0.05, 0.1) is 11.1 Å². The second kappa shape index (κ2) is 6.37. The van der Waals surface area contributed by atoms with Gasteiger partial charge in [0.2, 0.25) is 5.91 Å². The van der Waals surface area contributed by atoms with Crippen LogP contribution in [0.25, 0.3) is 16.7 Å². The van der Waals surface area contributed by atoms with Crippen molar-refractivity contribution in [3.63, 3.8) is 0 Å². The molecule has 2 aromatic heterocycles. The molecule has 0 aliphatic carbocycles. The van der Waals surface area contributed by atoms with Crippen LogP contribution in [0.15, 0.2) is 41.3 Å². The fraction of sp³-hybridized carbons (Fsp3) is 0.300. The second-order valence-corrected chi connectivity index (χ2v) is 7.38. The normalized spacial score (nSPS) is 11.6. The summed E-state index contributed by atoms with van der Waals surface area (Å²) in [5, 5.41) is 3.41. The lowest BCUT2D eigenvalue weighted by molar-refractivity contribution is -0.123. The lowest BCUT2D eigenvalue weighted by Crippen LogP contribution is -2.28. The largest absolute Gasteiger partial charge is 0.325 e. The SMILES string of the molecule is Cc1cc(-n2c(C)nc3ncccc3c2=O)ccc1NC(=O)C(C)(C)C. The maximum Gasteiger partial charge on any atom is 0.267 e. The number of hydrogen-bond donors (Lipinski definition) is 1. The van der Waals surface area contributed by atoms with Crippen LogP contribution in [0.5, 0.6) is 0 Å². The summed E-state index contributed by atoms with van der Waals surface area (Å²) < 4.78 is 1.56. The Bertz CT molecular complexity index is 1060. The van der Waals surface area contributed by atoms with Crippen LogP contribution < -0.4 is 10.9 Å². The number of rotatable bonds is 2. The number of nitrogens with zero attached hydrogens (tertiary/aromatic N) is 3. The Balaban J connectivity index is 2.07. The predicted molar refractivity (Wildman–Crippen MR) is 103 cm³/mol. The van der Waals surface area contributed by atoms with E-state index < -0.39 is 5.41 Å². The van der Waals surface area contributed by atoms with Gasteiger partial charge in [-0.25, -0.2) is 9.97 Å². The second-order valence-electron chi connectivity index (χ2n) is 7.38. The molecule has 0 fully saturated rings. The quantitative estimate of drug-likeness (QED) is 0.769. The monoisotopic (exact) mass is 350 g/mol. The molecule has 0 spiro atoms. The molecule has 1 amide bonds. The number of pyridine rings is 1. The summed E-state index contributed by atoms with van der Waals surface area (Å²) in [4.78, 5) is 33.7. The highest BCUT2D eigenvalue weighted by Gasteiger charge is 2.22. The maximum atomic E-state index is 12.9. The third kappa shape index (κ3) is 3.22. The van der Waals surface area contributed by atoms with Gasteiger partial charge in [0.15, 0.2) is 5.65 Å². The highest BCUT2D eigenvalue weighted by Crippen LogP contribution is 2.23. The third-order valence-electron chi connectivity index (χ3n) is 4.21. The molecule has 3 rings (SSSR count). The number of nitrogens with one attached hydrogen (secondary N) is 1. The Kier molecular flexibility index (Phi) is 4.36. The summed E-state index contributed by atoms with van der Waals surface area (Å²) in [5.74, 6) is 0.507. The molecule has 26 heavy (non-hydrogen) atoms. The van der Waals surface area contributed by atoms with E-state index in [0.717, 1.165) is 11.3 Å². The van der Waals surface area contributed by atoms with E-state index in [1.165, 1.54) is 0 Å². The van der Waals surface area contributed by atoms with Crippen molar-refractivity contribution < 1.29 is 4.79 Å². The van der Waals surface area contributed by atoms with Crippen molar-refractivity contribution in [2.24, 2.45) is 5.41 Å². The number of hydrogen-bond acceptors (Lipinski definition) is 4. The van der Waals surface area contributed by atoms with Gasteiger partial charge >= 0.3 is 0 Å². The smallest absolute Gasteiger partial charge is 0.267 e. The van der Waals surface area contributed by atoms with Crippen LogP contribution in [0.4, 0.5) is 5.69 Å². The van der Waals surface area contributed by atoms with Gasteiger partial charge in [-0.05, 0) is 49.7 Å². The molecule has 0 radical (unpaired) electrons. The first-order chi connectivity index (χ1) is 12.2. The highest BCUT2D eigenvalue weighted by atomic mass is 16.2. The molecule has 2 heterocycles. The van der Waals surface area contributed by atoms with Crippen molar-refractivity contribution in [3.05, 3.63) is 58.3 Å². The average Bonchev–Trinajstić information content (AvgIpc) is 2.56. The van der Waals surface area contributed by atoms with Gasteiger partial charge in [-0.2, -0.15) is 0 Å². The van der Waals surface area contributed by atoms with Crippen LogP contribution in [0.3, 0.4) is 0 Å². The maximum absolute atomic E-state index is 12.9. The van der Waals surface area contributed by atoms with E-state index in [9.17, 15) is 9.59 Å². The molecular formula is C20H22N4O2. The van der Waals surface area contributed by atoms with E-state index >= 15 is 0 Å². The van der Waals surface area contributed by atoms with Crippen molar-refractivity contribution >= 4 is 22.6 Å². The molecule has 3 aromatic rings.